The molecule has 0 saturated heterocycles. The smallest absolute Gasteiger partial charge is 0.396 e. The van der Waals surface area contributed by atoms with Gasteiger partial charge in [-0.25, -0.2) is 0 Å². The fourth-order valence-electron chi connectivity index (χ4n) is 0.748. The molecule has 0 saturated carbocycles. The Labute approximate surface area is 82.2 Å². The van der Waals surface area contributed by atoms with Gasteiger partial charge in [-0.2, -0.15) is 13.2 Å². The Morgan fingerprint density at radius 1 is 1.08 bits per heavy atom. The Bertz CT molecular complexity index is 312. The van der Waals surface area contributed by atoms with E-state index in [9.17, 15) is 13.2 Å². The van der Waals surface area contributed by atoms with Crippen molar-refractivity contribution in [3.8, 4) is 0 Å². The fourth-order valence-corrected chi connectivity index (χ4v) is 1.24. The van der Waals surface area contributed by atoms with Gasteiger partial charge in [-0.05, 0) is 12.1 Å². The summed E-state index contributed by atoms with van der Waals surface area (Å²) < 4.78 is 36.4. The summed E-state index contributed by atoms with van der Waals surface area (Å²) in [5, 5.41) is -0.389. The summed E-state index contributed by atoms with van der Waals surface area (Å²) >= 11 is 10.8. The molecule has 0 aliphatic heterocycles. The molecule has 2 N–H and O–H groups in total. The van der Waals surface area contributed by atoms with Crippen LogP contribution in [0.25, 0.3) is 0 Å². The van der Waals surface area contributed by atoms with Gasteiger partial charge in [0.15, 0.2) is 0 Å². The number of rotatable bonds is 0. The molecule has 0 aromatic heterocycles. The molecule has 1 rings (SSSR count). The van der Waals surface area contributed by atoms with Crippen molar-refractivity contribution in [1.29, 1.82) is 0 Å². The lowest BCUT2D eigenvalue weighted by atomic mass is 10.9. The molecule has 13 heavy (non-hydrogen) atoms. The van der Waals surface area contributed by atoms with E-state index in [2.05, 4.69) is 0 Å². The van der Waals surface area contributed by atoms with Crippen LogP contribution in [0, 0.1) is 0 Å². The molecule has 1 aromatic rings. The molecule has 0 amide bonds. The van der Waals surface area contributed by atoms with Gasteiger partial charge < -0.3 is 5.73 Å². The maximum atomic E-state index is 12.1. The summed E-state index contributed by atoms with van der Waals surface area (Å²) in [7, 11) is 0. The van der Waals surface area contributed by atoms with Gasteiger partial charge in [0.1, 0.15) is 0 Å². The van der Waals surface area contributed by atoms with E-state index in [1.807, 2.05) is 0 Å². The van der Waals surface area contributed by atoms with Gasteiger partial charge in [0.25, 0.3) is 0 Å². The number of nitrogen functional groups attached to an aromatic ring is 1. The second kappa shape index (κ2) is 3.27. The summed E-state index contributed by atoms with van der Waals surface area (Å²) in [6.07, 6.45) is -4.46. The molecule has 6 heteroatoms. The van der Waals surface area contributed by atoms with E-state index in [0.717, 1.165) is 12.1 Å². The monoisotopic (exact) mass is 235 g/mol. The van der Waals surface area contributed by atoms with Gasteiger partial charge in [0.2, 0.25) is 0 Å². The van der Waals surface area contributed by atoms with Crippen molar-refractivity contribution in [2.24, 2.45) is 0 Å². The first-order chi connectivity index (χ1) is 5.82. The quantitative estimate of drug-likeness (QED) is 0.684. The zero-order valence-corrected chi connectivity index (χ0v) is 7.63. The van der Waals surface area contributed by atoms with Crippen molar-refractivity contribution >= 4 is 28.9 Å². The molecule has 0 spiro atoms. The number of halogens is 5. The zero-order valence-electron chi connectivity index (χ0n) is 6.12. The maximum absolute atomic E-state index is 12.1. The average Bonchev–Trinajstić information content (AvgIpc) is 1.97. The van der Waals surface area contributed by atoms with Gasteiger partial charge in [0, 0.05) is 0 Å². The molecule has 1 aromatic carbocycles. The van der Waals surface area contributed by atoms with E-state index >= 15 is 0 Å². The van der Waals surface area contributed by atoms with Crippen LogP contribution in [-0.4, -0.2) is 0 Å². The highest BCUT2D eigenvalue weighted by Crippen LogP contribution is 2.36. The third-order valence-electron chi connectivity index (χ3n) is 1.41. The molecular weight excluding hydrogens is 232 g/mol. The van der Waals surface area contributed by atoms with Crippen LogP contribution in [0.2, 0.25) is 10.0 Å². The number of anilines is 1. The first kappa shape index (κ1) is 10.5. The molecule has 0 radical (unpaired) electrons. The summed E-state index contributed by atoms with van der Waals surface area (Å²) in [4.78, 5) is 0. The van der Waals surface area contributed by atoms with Crippen molar-refractivity contribution in [3.63, 3.8) is 0 Å². The number of hydrogen-bond donors (Lipinski definition) is 1. The average molecular weight is 236 g/mol. The second-order valence-electron chi connectivity index (χ2n) is 2.35. The molecule has 0 fully saturated rings. The van der Waals surface area contributed by atoms with E-state index < -0.39 is 11.7 Å². The number of alkyl halides is 3. The van der Waals surface area contributed by atoms with E-state index in [0.29, 0.717) is 0 Å². The standard InChI is InChI=1S/C7H4Cl2F3N/c8-4-1-3(7(10,11)12)2-5(9)6(4)13/h1-2H,13H2/i1+1,2+1,3+1,4+1,5+1,6+1. The van der Waals surface area contributed by atoms with Gasteiger partial charge >= 0.3 is 6.18 Å². The molecule has 0 aliphatic carbocycles. The predicted octanol–water partition coefficient (Wildman–Crippen LogP) is 3.59. The minimum absolute atomic E-state index is 0.0451. The van der Waals surface area contributed by atoms with Crippen LogP contribution in [0.4, 0.5) is 18.9 Å². The Hall–Kier alpha value is -0.610. The second-order valence-corrected chi connectivity index (χ2v) is 3.17. The van der Waals surface area contributed by atoms with Crippen LogP contribution < -0.4 is 5.73 Å². The Balaban J connectivity index is 3.29. The summed E-state index contributed by atoms with van der Waals surface area (Å²) in [6, 6.07) is 1.48. The minimum Gasteiger partial charge on any atom is -0.396 e. The summed E-state index contributed by atoms with van der Waals surface area (Å²) in [5.41, 5.74) is 4.31. The highest BCUT2D eigenvalue weighted by Gasteiger charge is 2.31. The summed E-state index contributed by atoms with van der Waals surface area (Å²) in [6.45, 7) is 0. The number of benzene rings is 1. The van der Waals surface area contributed by atoms with E-state index in [4.69, 9.17) is 28.9 Å². The van der Waals surface area contributed by atoms with E-state index in [1.54, 1.807) is 0 Å². The molecule has 0 unspecified atom stereocenters. The highest BCUT2D eigenvalue weighted by molar-refractivity contribution is 6.38. The molecule has 0 atom stereocenters. The molecule has 1 nitrogen and oxygen atoms in total. The van der Waals surface area contributed by atoms with Crippen LogP contribution in [0.5, 0.6) is 0 Å². The first-order valence-corrected chi connectivity index (χ1v) is 3.89. The van der Waals surface area contributed by atoms with Gasteiger partial charge in [-0.1, -0.05) is 23.2 Å². The van der Waals surface area contributed by atoms with Crippen molar-refractivity contribution in [2.45, 2.75) is 6.18 Å². The lowest BCUT2D eigenvalue weighted by Gasteiger charge is -2.09. The molecule has 0 bridgehead atoms. The normalized spacial score (nSPS) is 11.8. The van der Waals surface area contributed by atoms with Crippen LogP contribution in [0.3, 0.4) is 0 Å². The van der Waals surface area contributed by atoms with Crippen molar-refractivity contribution in [1.82, 2.24) is 0 Å². The zero-order chi connectivity index (χ0) is 10.2. The summed E-state index contributed by atoms with van der Waals surface area (Å²) in [5.74, 6) is 0. The molecular formula is C7H4Cl2F3N. The SMILES string of the molecule is N[13c]1[13c](Cl)[13cH][13c](C(F)(F)F)[13cH][13c]1Cl. The third-order valence-corrected chi connectivity index (χ3v) is 2.03. The van der Waals surface area contributed by atoms with Gasteiger partial charge in [-0.3, -0.25) is 0 Å². The van der Waals surface area contributed by atoms with Crippen LogP contribution in [-0.2, 0) is 6.18 Å². The van der Waals surface area contributed by atoms with Gasteiger partial charge in [0.05, 0.1) is 21.3 Å². The van der Waals surface area contributed by atoms with Crippen LogP contribution in [0.1, 0.15) is 5.56 Å². The van der Waals surface area contributed by atoms with Crippen LogP contribution >= 0.6 is 23.2 Å². The van der Waals surface area contributed by atoms with Gasteiger partial charge in [-0.15, -0.1) is 0 Å². The molecule has 0 aliphatic rings. The Morgan fingerprint density at radius 2 is 1.46 bits per heavy atom. The predicted molar refractivity (Wildman–Crippen MR) is 45.9 cm³/mol. The maximum Gasteiger partial charge on any atom is 0.416 e. The number of nitrogens with two attached hydrogens (primary N) is 1. The third kappa shape index (κ3) is 2.19. The largest absolute Gasteiger partial charge is 0.416 e. The Kier molecular flexibility index (Phi) is 2.63. The molecule has 72 valence electrons. The topological polar surface area (TPSA) is 26.0 Å². The van der Waals surface area contributed by atoms with Crippen LogP contribution in [0.15, 0.2) is 12.1 Å². The fraction of sp³-hybridized carbons (Fsp3) is 0.143. The highest BCUT2D eigenvalue weighted by atomic mass is 35.5. The van der Waals surface area contributed by atoms with E-state index in [-0.39, 0.29) is 15.7 Å². The first-order valence-electron chi connectivity index (χ1n) is 3.14. The van der Waals surface area contributed by atoms with Crippen molar-refractivity contribution < 1.29 is 13.2 Å². The number of hydrogen-bond acceptors (Lipinski definition) is 1. The lowest BCUT2D eigenvalue weighted by molar-refractivity contribution is -0.137. The minimum atomic E-state index is -4.46. The van der Waals surface area contributed by atoms with E-state index in [1.165, 1.54) is 0 Å². The van der Waals surface area contributed by atoms with Crippen molar-refractivity contribution in [3.05, 3.63) is 27.7 Å². The molecule has 0 heterocycles. The van der Waals surface area contributed by atoms with Crippen molar-refractivity contribution in [2.75, 3.05) is 5.73 Å². The Morgan fingerprint density at radius 3 is 1.77 bits per heavy atom. The lowest BCUT2D eigenvalue weighted by Crippen LogP contribution is -2.05.